The Morgan fingerprint density at radius 1 is 0.857 bits per heavy atom. The maximum absolute atomic E-state index is 13.6. The smallest absolute Gasteiger partial charge is 0.272 e. The van der Waals surface area contributed by atoms with Crippen LogP contribution in [-0.4, -0.2) is 49.8 Å². The average Bonchev–Trinajstić information content (AvgIpc) is 3.59. The molecular weight excluding hydrogens is 668 g/mol. The molecule has 10 nitrogen and oxygen atoms in total. The maximum atomic E-state index is 13.6. The summed E-state index contributed by atoms with van der Waals surface area (Å²) < 4.78 is 29.6. The molecule has 250 valence electrons. The number of benzene rings is 4. The lowest BCUT2D eigenvalue weighted by atomic mass is 10.1. The van der Waals surface area contributed by atoms with Crippen molar-refractivity contribution < 1.29 is 33.0 Å². The Morgan fingerprint density at radius 2 is 1.57 bits per heavy atom. The molecule has 0 aliphatic heterocycles. The second-order valence-electron chi connectivity index (χ2n) is 10.2. The molecule has 0 fully saturated rings. The number of hydrogen-bond donors (Lipinski definition) is 3. The first-order chi connectivity index (χ1) is 23.8. The van der Waals surface area contributed by atoms with E-state index in [0.29, 0.717) is 44.9 Å². The van der Waals surface area contributed by atoms with Crippen molar-refractivity contribution in [2.45, 2.75) is 4.90 Å². The van der Waals surface area contributed by atoms with Crippen LogP contribution in [0, 0.1) is 5.82 Å². The number of carbonyl (C=O) groups is 3. The first-order valence-electron chi connectivity index (χ1n) is 14.7. The molecule has 0 aliphatic carbocycles. The second-order valence-corrected chi connectivity index (χ2v) is 12.1. The Hall–Kier alpha value is -5.66. The summed E-state index contributed by atoms with van der Waals surface area (Å²) in [6.07, 6.45) is 1.50. The number of halogens is 1. The zero-order chi connectivity index (χ0) is 34.8. The van der Waals surface area contributed by atoms with Gasteiger partial charge in [-0.3, -0.25) is 14.4 Å². The van der Waals surface area contributed by atoms with E-state index in [1.807, 2.05) is 6.07 Å². The van der Waals surface area contributed by atoms with Crippen molar-refractivity contribution in [1.82, 2.24) is 10.3 Å². The Kier molecular flexibility index (Phi) is 11.6. The van der Waals surface area contributed by atoms with Crippen LogP contribution in [0.5, 0.6) is 17.2 Å². The molecule has 0 spiro atoms. The number of amides is 3. The molecule has 0 atom stereocenters. The standard InChI is InChI=1S/C36H31FN4O6S2/c1-45-30-17-22(18-31(46-2)33(30)47-3)16-28(39-34(43)24-8-5-4-6-9-24)35(44)38-26-10-7-11-27(19-26)48-21-32(42)41-36-40-29(20-49-36)23-12-14-25(37)15-13-23/h4-20H,21H2,1-3H3,(H,38,44)(H,39,43)(H,40,41,42)/b28-16+. The number of hydrogen-bond acceptors (Lipinski definition) is 9. The molecule has 1 heterocycles. The predicted octanol–water partition coefficient (Wildman–Crippen LogP) is 7.12. The lowest BCUT2D eigenvalue weighted by Gasteiger charge is -2.15. The monoisotopic (exact) mass is 698 g/mol. The third-order valence-electron chi connectivity index (χ3n) is 6.88. The van der Waals surface area contributed by atoms with E-state index in [1.54, 1.807) is 78.2 Å². The van der Waals surface area contributed by atoms with E-state index in [2.05, 4.69) is 20.9 Å². The summed E-state index contributed by atoms with van der Waals surface area (Å²) in [6.45, 7) is 0. The predicted molar refractivity (Wildman–Crippen MR) is 190 cm³/mol. The van der Waals surface area contributed by atoms with Gasteiger partial charge in [-0.05, 0) is 78.4 Å². The van der Waals surface area contributed by atoms with E-state index in [1.165, 1.54) is 62.6 Å². The molecule has 0 aliphatic rings. The van der Waals surface area contributed by atoms with Crippen LogP contribution in [-0.2, 0) is 9.59 Å². The number of nitrogens with zero attached hydrogens (tertiary/aromatic N) is 1. The highest BCUT2D eigenvalue weighted by molar-refractivity contribution is 8.00. The van der Waals surface area contributed by atoms with Crippen molar-refractivity contribution in [1.29, 1.82) is 0 Å². The van der Waals surface area contributed by atoms with E-state index in [-0.39, 0.29) is 23.2 Å². The summed E-state index contributed by atoms with van der Waals surface area (Å²) in [5.41, 5.74) is 2.66. The van der Waals surface area contributed by atoms with Gasteiger partial charge in [0.1, 0.15) is 11.5 Å². The number of aromatic nitrogens is 1. The second kappa shape index (κ2) is 16.4. The van der Waals surface area contributed by atoms with Gasteiger partial charge in [-0.2, -0.15) is 0 Å². The summed E-state index contributed by atoms with van der Waals surface area (Å²) in [6, 6.07) is 24.8. The SMILES string of the molecule is COc1cc(/C=C(/NC(=O)c2ccccc2)C(=O)Nc2cccc(SCC(=O)Nc3nc(-c4ccc(F)cc4)cs3)c2)cc(OC)c1OC. The topological polar surface area (TPSA) is 128 Å². The Balaban J connectivity index is 1.29. The number of anilines is 2. The summed E-state index contributed by atoms with van der Waals surface area (Å²) in [7, 11) is 4.45. The van der Waals surface area contributed by atoms with Gasteiger partial charge < -0.3 is 30.2 Å². The van der Waals surface area contributed by atoms with E-state index in [0.717, 1.165) is 10.5 Å². The molecule has 5 aromatic rings. The fourth-order valence-electron chi connectivity index (χ4n) is 4.54. The summed E-state index contributed by atoms with van der Waals surface area (Å²) >= 11 is 2.54. The molecule has 1 aromatic heterocycles. The molecule has 49 heavy (non-hydrogen) atoms. The molecule has 0 unspecified atom stereocenters. The Labute approximate surface area is 290 Å². The van der Waals surface area contributed by atoms with E-state index in [4.69, 9.17) is 14.2 Å². The number of carbonyl (C=O) groups excluding carboxylic acids is 3. The molecule has 4 aromatic carbocycles. The zero-order valence-corrected chi connectivity index (χ0v) is 28.2. The third-order valence-corrected chi connectivity index (χ3v) is 8.63. The van der Waals surface area contributed by atoms with Crippen LogP contribution >= 0.6 is 23.1 Å². The molecule has 0 radical (unpaired) electrons. The molecule has 3 amide bonds. The minimum absolute atomic E-state index is 0.0379. The van der Waals surface area contributed by atoms with E-state index in [9.17, 15) is 18.8 Å². The number of nitrogens with one attached hydrogen (secondary N) is 3. The van der Waals surface area contributed by atoms with E-state index >= 15 is 0 Å². The van der Waals surface area contributed by atoms with Crippen LogP contribution in [0.15, 0.2) is 107 Å². The quantitative estimate of drug-likeness (QED) is 0.0877. The number of rotatable bonds is 13. The van der Waals surface area contributed by atoms with Crippen molar-refractivity contribution in [2.24, 2.45) is 0 Å². The van der Waals surface area contributed by atoms with Gasteiger partial charge in [0.25, 0.3) is 11.8 Å². The first-order valence-corrected chi connectivity index (χ1v) is 16.6. The normalized spacial score (nSPS) is 11.0. The van der Waals surface area contributed by atoms with Crippen LogP contribution < -0.4 is 30.2 Å². The fourth-order valence-corrected chi connectivity index (χ4v) is 6.04. The van der Waals surface area contributed by atoms with Crippen molar-refractivity contribution in [3.05, 3.63) is 119 Å². The van der Waals surface area contributed by atoms with Crippen LogP contribution in [0.4, 0.5) is 15.2 Å². The Morgan fingerprint density at radius 3 is 2.24 bits per heavy atom. The molecule has 0 bridgehead atoms. The van der Waals surface area contributed by atoms with Gasteiger partial charge in [0.15, 0.2) is 16.6 Å². The van der Waals surface area contributed by atoms with Crippen LogP contribution in [0.3, 0.4) is 0 Å². The fraction of sp³-hybridized carbons (Fsp3) is 0.111. The number of thiazole rings is 1. The molecule has 0 saturated heterocycles. The van der Waals surface area contributed by atoms with E-state index < -0.39 is 11.8 Å². The highest BCUT2D eigenvalue weighted by Gasteiger charge is 2.18. The number of thioether (sulfide) groups is 1. The lowest BCUT2D eigenvalue weighted by Crippen LogP contribution is -2.30. The zero-order valence-electron chi connectivity index (χ0n) is 26.6. The van der Waals surface area contributed by atoms with Crippen LogP contribution in [0.1, 0.15) is 15.9 Å². The minimum Gasteiger partial charge on any atom is -0.493 e. The summed E-state index contributed by atoms with van der Waals surface area (Å²) in [5, 5.41) is 10.5. The number of methoxy groups -OCH3 is 3. The van der Waals surface area contributed by atoms with Gasteiger partial charge in [-0.25, -0.2) is 9.37 Å². The van der Waals surface area contributed by atoms with Crippen molar-refractivity contribution in [3.8, 4) is 28.5 Å². The van der Waals surface area contributed by atoms with Gasteiger partial charge >= 0.3 is 0 Å². The molecular formula is C36H31FN4O6S2. The first kappa shape index (κ1) is 34.7. The Bertz CT molecular complexity index is 1960. The number of ether oxygens (including phenoxy) is 3. The highest BCUT2D eigenvalue weighted by Crippen LogP contribution is 2.38. The van der Waals surface area contributed by atoms with Gasteiger partial charge in [0.05, 0.1) is 32.8 Å². The average molecular weight is 699 g/mol. The van der Waals surface area contributed by atoms with Gasteiger partial charge in [0.2, 0.25) is 11.7 Å². The summed E-state index contributed by atoms with van der Waals surface area (Å²) in [5.74, 6) is -0.450. The van der Waals surface area contributed by atoms with Gasteiger partial charge in [0, 0.05) is 27.1 Å². The molecule has 3 N–H and O–H groups in total. The molecule has 13 heteroatoms. The highest BCUT2D eigenvalue weighted by atomic mass is 32.2. The maximum Gasteiger partial charge on any atom is 0.272 e. The summed E-state index contributed by atoms with van der Waals surface area (Å²) in [4.78, 5) is 44.6. The minimum atomic E-state index is -0.585. The van der Waals surface area contributed by atoms with Crippen molar-refractivity contribution >= 4 is 57.7 Å². The van der Waals surface area contributed by atoms with Crippen LogP contribution in [0.2, 0.25) is 0 Å². The molecule has 5 rings (SSSR count). The third kappa shape index (κ3) is 9.24. The van der Waals surface area contributed by atoms with Gasteiger partial charge in [-0.15, -0.1) is 23.1 Å². The van der Waals surface area contributed by atoms with Crippen LogP contribution in [0.25, 0.3) is 17.3 Å². The lowest BCUT2D eigenvalue weighted by molar-refractivity contribution is -0.114. The largest absolute Gasteiger partial charge is 0.493 e. The van der Waals surface area contributed by atoms with Crippen molar-refractivity contribution in [2.75, 3.05) is 37.7 Å². The molecule has 0 saturated carbocycles. The van der Waals surface area contributed by atoms with Crippen molar-refractivity contribution in [3.63, 3.8) is 0 Å². The van der Waals surface area contributed by atoms with Gasteiger partial charge in [-0.1, -0.05) is 24.3 Å².